The van der Waals surface area contributed by atoms with Crippen molar-refractivity contribution in [1.82, 2.24) is 4.98 Å². The smallest absolute Gasteiger partial charge is 0.267 e. The first-order chi connectivity index (χ1) is 11.1. The normalized spacial score (nSPS) is 10.6. The first-order valence-corrected chi connectivity index (χ1v) is 9.72. The molecule has 2 aromatic heterocycles. The van der Waals surface area contributed by atoms with Crippen LogP contribution >= 0.6 is 54.5 Å². The van der Waals surface area contributed by atoms with E-state index in [4.69, 9.17) is 4.74 Å². The van der Waals surface area contributed by atoms with E-state index in [1.54, 1.807) is 13.2 Å². The molecule has 0 radical (unpaired) electrons. The van der Waals surface area contributed by atoms with Crippen LogP contribution in [0.2, 0.25) is 0 Å². The molecular weight excluding hydrogens is 464 g/mol. The molecule has 0 fully saturated rings. The van der Waals surface area contributed by atoms with Crippen molar-refractivity contribution in [3.8, 4) is 17.0 Å². The number of nitrogens with zero attached hydrogens (tertiary/aromatic N) is 1. The number of thiophene rings is 1. The van der Waals surface area contributed by atoms with Crippen molar-refractivity contribution in [3.05, 3.63) is 48.8 Å². The Morgan fingerprint density at radius 3 is 2.78 bits per heavy atom. The summed E-state index contributed by atoms with van der Waals surface area (Å²) in [5.74, 6) is 0.573. The van der Waals surface area contributed by atoms with E-state index in [1.165, 1.54) is 22.7 Å². The molecule has 0 aliphatic rings. The molecule has 8 heteroatoms. The monoisotopic (exact) mass is 472 g/mol. The molecule has 1 aromatic carbocycles. The number of amides is 1. The molecule has 0 spiro atoms. The number of para-hydroxylation sites is 1. The van der Waals surface area contributed by atoms with E-state index in [0.29, 0.717) is 10.0 Å². The van der Waals surface area contributed by atoms with Crippen LogP contribution in [-0.4, -0.2) is 18.0 Å². The number of carbonyl (C=O) groups is 1. The summed E-state index contributed by atoms with van der Waals surface area (Å²) in [5, 5.41) is 5.27. The van der Waals surface area contributed by atoms with Crippen LogP contribution in [-0.2, 0) is 0 Å². The highest BCUT2D eigenvalue weighted by Crippen LogP contribution is 2.34. The van der Waals surface area contributed by atoms with Crippen LogP contribution < -0.4 is 10.1 Å². The van der Waals surface area contributed by atoms with Crippen LogP contribution in [0.1, 0.15) is 9.67 Å². The third-order valence-corrected chi connectivity index (χ3v) is 6.99. The van der Waals surface area contributed by atoms with Gasteiger partial charge in [-0.05, 0) is 50.1 Å². The number of ether oxygens (including phenoxy) is 1. The maximum Gasteiger partial charge on any atom is 0.267 e. The molecule has 1 amide bonds. The maximum absolute atomic E-state index is 12.2. The standard InChI is InChI=1S/C15H10Br2N2O2S2/c1-21-11-5-3-2-4-8(11)10-7-22-15(18-10)19-14(20)12-6-9(16)13(17)23-12/h2-7H,1H3,(H,18,19,20). The average molecular weight is 474 g/mol. The lowest BCUT2D eigenvalue weighted by Crippen LogP contribution is -2.09. The highest BCUT2D eigenvalue weighted by atomic mass is 79.9. The molecule has 0 atom stereocenters. The molecule has 4 nitrogen and oxygen atoms in total. The Bertz CT molecular complexity index is 841. The summed E-state index contributed by atoms with van der Waals surface area (Å²) in [4.78, 5) is 17.3. The van der Waals surface area contributed by atoms with Crippen molar-refractivity contribution in [2.45, 2.75) is 0 Å². The SMILES string of the molecule is COc1ccccc1-c1csc(NC(=O)c2cc(Br)c(Br)s2)n1. The van der Waals surface area contributed by atoms with Crippen LogP contribution in [0.15, 0.2) is 44.0 Å². The lowest BCUT2D eigenvalue weighted by Gasteiger charge is -2.04. The number of halogens is 2. The first kappa shape index (κ1) is 16.6. The van der Waals surface area contributed by atoms with Gasteiger partial charge in [-0.15, -0.1) is 22.7 Å². The van der Waals surface area contributed by atoms with Crippen molar-refractivity contribution in [3.63, 3.8) is 0 Å². The second kappa shape index (κ2) is 7.12. The zero-order chi connectivity index (χ0) is 16.4. The third kappa shape index (κ3) is 3.65. The number of anilines is 1. The van der Waals surface area contributed by atoms with E-state index in [1.807, 2.05) is 29.6 Å². The van der Waals surface area contributed by atoms with Crippen LogP contribution in [0, 0.1) is 0 Å². The fourth-order valence-electron chi connectivity index (χ4n) is 1.93. The van der Waals surface area contributed by atoms with Gasteiger partial charge < -0.3 is 4.74 Å². The van der Waals surface area contributed by atoms with Gasteiger partial charge in [0, 0.05) is 15.4 Å². The average Bonchev–Trinajstić information content (AvgIpc) is 3.14. The fraction of sp³-hybridized carbons (Fsp3) is 0.0667. The first-order valence-electron chi connectivity index (χ1n) is 6.43. The van der Waals surface area contributed by atoms with E-state index < -0.39 is 0 Å². The molecule has 0 aliphatic carbocycles. The zero-order valence-electron chi connectivity index (χ0n) is 11.8. The minimum Gasteiger partial charge on any atom is -0.496 e. The van der Waals surface area contributed by atoms with Crippen LogP contribution in [0.3, 0.4) is 0 Å². The number of nitrogens with one attached hydrogen (secondary N) is 1. The lowest BCUT2D eigenvalue weighted by atomic mass is 10.1. The van der Waals surface area contributed by atoms with Gasteiger partial charge in [0.1, 0.15) is 5.75 Å². The van der Waals surface area contributed by atoms with E-state index >= 15 is 0 Å². The second-order valence-electron chi connectivity index (χ2n) is 4.42. The van der Waals surface area contributed by atoms with Gasteiger partial charge in [0.15, 0.2) is 5.13 Å². The maximum atomic E-state index is 12.2. The Kier molecular flexibility index (Phi) is 5.15. The highest BCUT2D eigenvalue weighted by Gasteiger charge is 2.15. The third-order valence-electron chi connectivity index (χ3n) is 2.98. The Morgan fingerprint density at radius 1 is 1.30 bits per heavy atom. The van der Waals surface area contributed by atoms with Gasteiger partial charge in [-0.1, -0.05) is 12.1 Å². The summed E-state index contributed by atoms with van der Waals surface area (Å²) in [5.41, 5.74) is 1.67. The molecule has 0 saturated heterocycles. The van der Waals surface area contributed by atoms with Crippen LogP contribution in [0.5, 0.6) is 5.75 Å². The number of aromatic nitrogens is 1. The minimum absolute atomic E-state index is 0.178. The predicted octanol–water partition coefficient (Wildman–Crippen LogP) is 5.66. The molecule has 2 heterocycles. The van der Waals surface area contributed by atoms with Gasteiger partial charge >= 0.3 is 0 Å². The topological polar surface area (TPSA) is 51.2 Å². The Hall–Kier alpha value is -1.22. The van der Waals surface area contributed by atoms with E-state index in [9.17, 15) is 4.79 Å². The van der Waals surface area contributed by atoms with Crippen LogP contribution in [0.4, 0.5) is 5.13 Å². The number of thiazole rings is 1. The number of carbonyl (C=O) groups excluding carboxylic acids is 1. The molecule has 118 valence electrons. The van der Waals surface area contributed by atoms with Crippen molar-refractivity contribution >= 4 is 65.6 Å². The molecule has 3 aromatic rings. The highest BCUT2D eigenvalue weighted by molar-refractivity contribution is 9.13. The number of rotatable bonds is 4. The summed E-state index contributed by atoms with van der Waals surface area (Å²) in [6.07, 6.45) is 0. The van der Waals surface area contributed by atoms with Gasteiger partial charge in [0.2, 0.25) is 0 Å². The number of hydrogen-bond donors (Lipinski definition) is 1. The predicted molar refractivity (Wildman–Crippen MR) is 102 cm³/mol. The Labute approximate surface area is 157 Å². The van der Waals surface area contributed by atoms with Crippen molar-refractivity contribution in [2.75, 3.05) is 12.4 Å². The summed E-state index contributed by atoms with van der Waals surface area (Å²) in [6, 6.07) is 9.43. The Morgan fingerprint density at radius 2 is 2.09 bits per heavy atom. The van der Waals surface area contributed by atoms with Crippen molar-refractivity contribution in [2.24, 2.45) is 0 Å². The Balaban J connectivity index is 1.81. The summed E-state index contributed by atoms with van der Waals surface area (Å²) < 4.78 is 7.09. The fourth-order valence-corrected chi connectivity index (χ4v) is 4.56. The van der Waals surface area contributed by atoms with Gasteiger partial charge in [-0.3, -0.25) is 10.1 Å². The quantitative estimate of drug-likeness (QED) is 0.532. The van der Waals surface area contributed by atoms with E-state index in [0.717, 1.165) is 25.3 Å². The van der Waals surface area contributed by atoms with Gasteiger partial charge in [-0.2, -0.15) is 0 Å². The van der Waals surface area contributed by atoms with Gasteiger partial charge in [0.05, 0.1) is 21.5 Å². The number of hydrogen-bond acceptors (Lipinski definition) is 5. The van der Waals surface area contributed by atoms with Crippen molar-refractivity contribution < 1.29 is 9.53 Å². The minimum atomic E-state index is -0.178. The van der Waals surface area contributed by atoms with E-state index in [-0.39, 0.29) is 5.91 Å². The largest absolute Gasteiger partial charge is 0.496 e. The lowest BCUT2D eigenvalue weighted by molar-refractivity contribution is 0.103. The molecule has 0 bridgehead atoms. The molecule has 0 saturated carbocycles. The molecule has 0 aliphatic heterocycles. The van der Waals surface area contributed by atoms with Gasteiger partial charge in [0.25, 0.3) is 5.91 Å². The summed E-state index contributed by atoms with van der Waals surface area (Å²) in [7, 11) is 1.63. The molecular formula is C15H10Br2N2O2S2. The second-order valence-corrected chi connectivity index (χ2v) is 8.51. The summed E-state index contributed by atoms with van der Waals surface area (Å²) >= 11 is 9.51. The zero-order valence-corrected chi connectivity index (χ0v) is 16.6. The van der Waals surface area contributed by atoms with Crippen molar-refractivity contribution in [1.29, 1.82) is 0 Å². The number of methoxy groups -OCH3 is 1. The molecule has 0 unspecified atom stereocenters. The molecule has 23 heavy (non-hydrogen) atoms. The summed E-state index contributed by atoms with van der Waals surface area (Å²) in [6.45, 7) is 0. The number of benzene rings is 1. The molecule has 3 rings (SSSR count). The van der Waals surface area contributed by atoms with Gasteiger partial charge in [-0.25, -0.2) is 4.98 Å². The van der Waals surface area contributed by atoms with E-state index in [2.05, 4.69) is 42.2 Å². The molecule has 1 N–H and O–H groups in total. The van der Waals surface area contributed by atoms with Crippen LogP contribution in [0.25, 0.3) is 11.3 Å².